The van der Waals surface area contributed by atoms with Crippen LogP contribution in [0, 0.1) is 9.49 Å². The summed E-state index contributed by atoms with van der Waals surface area (Å²) in [6.45, 7) is 7.01. The molecule has 0 heterocycles. The maximum atomic E-state index is 5.85. The Hall–Kier alpha value is -1.07. The third-order valence-electron chi connectivity index (χ3n) is 3.07. The van der Waals surface area contributed by atoms with Crippen LogP contribution in [0.15, 0.2) is 48.5 Å². The minimum absolute atomic E-state index is 0.609. The number of nitrogens with one attached hydrogen (secondary N) is 1. The molecule has 0 radical (unpaired) electrons. The number of rotatable bonds is 7. The molecule has 0 bridgehead atoms. The number of hydrogen-bond donors (Lipinski definition) is 1. The number of ether oxygens (including phenoxy) is 1. The molecule has 0 saturated carbocycles. The average molecular weight is 395 g/mol. The lowest BCUT2D eigenvalue weighted by molar-refractivity contribution is 0.306. The van der Waals surface area contributed by atoms with E-state index in [9.17, 15) is 0 Å². The van der Waals surface area contributed by atoms with Gasteiger partial charge in [0.15, 0.2) is 0 Å². The predicted molar refractivity (Wildman–Crippen MR) is 96.5 cm³/mol. The monoisotopic (exact) mass is 395 g/mol. The van der Waals surface area contributed by atoms with Gasteiger partial charge in [-0.15, -0.1) is 0 Å². The van der Waals surface area contributed by atoms with Crippen LogP contribution in [0.1, 0.15) is 25.0 Å². The molecule has 0 fully saturated rings. The molecule has 0 spiro atoms. The number of benzene rings is 2. The van der Waals surface area contributed by atoms with Gasteiger partial charge in [-0.25, -0.2) is 0 Å². The smallest absolute Gasteiger partial charge is 0.120 e. The Morgan fingerprint density at radius 1 is 1.05 bits per heavy atom. The maximum Gasteiger partial charge on any atom is 0.120 e. The molecule has 0 aliphatic carbocycles. The zero-order valence-corrected chi connectivity index (χ0v) is 14.8. The Balaban J connectivity index is 1.88. The summed E-state index contributed by atoms with van der Waals surface area (Å²) in [7, 11) is 0. The number of hydrogen-bond acceptors (Lipinski definition) is 2. The van der Waals surface area contributed by atoms with E-state index >= 15 is 0 Å². The largest absolute Gasteiger partial charge is 0.489 e. The van der Waals surface area contributed by atoms with Crippen LogP contribution in [-0.2, 0) is 13.2 Å². The van der Waals surface area contributed by atoms with Gasteiger partial charge >= 0.3 is 0 Å². The van der Waals surface area contributed by atoms with Gasteiger partial charge in [0.25, 0.3) is 0 Å². The summed E-state index contributed by atoms with van der Waals surface area (Å²) in [4.78, 5) is 0. The molecule has 3 heteroatoms. The topological polar surface area (TPSA) is 21.3 Å². The van der Waals surface area contributed by atoms with Crippen molar-refractivity contribution in [3.05, 3.63) is 63.2 Å². The zero-order chi connectivity index (χ0) is 15.1. The summed E-state index contributed by atoms with van der Waals surface area (Å²) >= 11 is 2.30. The molecule has 2 aromatic carbocycles. The third-order valence-corrected chi connectivity index (χ3v) is 3.75. The Bertz CT molecular complexity index is 569. The van der Waals surface area contributed by atoms with Crippen LogP contribution in [0.4, 0.5) is 0 Å². The number of halogens is 1. The van der Waals surface area contributed by atoms with Crippen molar-refractivity contribution in [1.82, 2.24) is 5.32 Å². The molecule has 2 rings (SSSR count). The SMILES string of the molecule is CC(C)CNCc1cccc(COc2cccc(I)c2)c1. The van der Waals surface area contributed by atoms with E-state index in [2.05, 4.69) is 78.2 Å². The second kappa shape index (κ2) is 8.39. The molecule has 0 atom stereocenters. The highest BCUT2D eigenvalue weighted by molar-refractivity contribution is 14.1. The molecule has 0 aliphatic rings. The highest BCUT2D eigenvalue weighted by Crippen LogP contribution is 2.16. The molecule has 0 aliphatic heterocycles. The molecule has 0 unspecified atom stereocenters. The predicted octanol–water partition coefficient (Wildman–Crippen LogP) is 4.62. The van der Waals surface area contributed by atoms with Crippen molar-refractivity contribution in [1.29, 1.82) is 0 Å². The van der Waals surface area contributed by atoms with Crippen molar-refractivity contribution in [3.63, 3.8) is 0 Å². The average Bonchev–Trinajstić information content (AvgIpc) is 2.45. The second-order valence-electron chi connectivity index (χ2n) is 5.59. The van der Waals surface area contributed by atoms with Crippen molar-refractivity contribution in [2.75, 3.05) is 6.54 Å². The molecule has 2 nitrogen and oxygen atoms in total. The van der Waals surface area contributed by atoms with Crippen molar-refractivity contribution in [2.45, 2.75) is 27.0 Å². The molecule has 2 aromatic rings. The first-order valence-corrected chi connectivity index (χ1v) is 8.38. The minimum Gasteiger partial charge on any atom is -0.489 e. The van der Waals surface area contributed by atoms with Crippen LogP contribution in [0.5, 0.6) is 5.75 Å². The fourth-order valence-electron chi connectivity index (χ4n) is 2.06. The second-order valence-corrected chi connectivity index (χ2v) is 6.84. The summed E-state index contributed by atoms with van der Waals surface area (Å²) in [5.74, 6) is 1.60. The summed E-state index contributed by atoms with van der Waals surface area (Å²) in [6, 6.07) is 16.7. The van der Waals surface area contributed by atoms with Crippen molar-refractivity contribution >= 4 is 22.6 Å². The van der Waals surface area contributed by atoms with E-state index in [0.717, 1.165) is 18.8 Å². The molecule has 21 heavy (non-hydrogen) atoms. The van der Waals surface area contributed by atoms with Gasteiger partial charge in [0.05, 0.1) is 0 Å². The lowest BCUT2D eigenvalue weighted by atomic mass is 10.1. The van der Waals surface area contributed by atoms with Gasteiger partial charge in [0.2, 0.25) is 0 Å². The van der Waals surface area contributed by atoms with Crippen LogP contribution in [0.2, 0.25) is 0 Å². The van der Waals surface area contributed by atoms with E-state index < -0.39 is 0 Å². The summed E-state index contributed by atoms with van der Waals surface area (Å²) < 4.78 is 7.04. The standard InChI is InChI=1S/C18H22INO/c1-14(2)11-20-12-15-5-3-6-16(9-15)13-21-18-8-4-7-17(19)10-18/h3-10,14,20H,11-13H2,1-2H3. The first kappa shape index (κ1) is 16.3. The first-order valence-electron chi connectivity index (χ1n) is 7.30. The Kier molecular flexibility index (Phi) is 6.51. The Morgan fingerprint density at radius 2 is 1.81 bits per heavy atom. The fraction of sp³-hybridized carbons (Fsp3) is 0.333. The normalized spacial score (nSPS) is 10.9. The van der Waals surface area contributed by atoms with Crippen LogP contribution in [-0.4, -0.2) is 6.54 Å². The van der Waals surface area contributed by atoms with Crippen LogP contribution >= 0.6 is 22.6 Å². The maximum absolute atomic E-state index is 5.85. The molecular formula is C18H22INO. The van der Waals surface area contributed by atoms with Gasteiger partial charge in [-0.3, -0.25) is 0 Å². The summed E-state index contributed by atoms with van der Waals surface area (Å²) in [5.41, 5.74) is 2.51. The Morgan fingerprint density at radius 3 is 2.57 bits per heavy atom. The summed E-state index contributed by atoms with van der Waals surface area (Å²) in [5, 5.41) is 3.47. The summed E-state index contributed by atoms with van der Waals surface area (Å²) in [6.07, 6.45) is 0. The van der Waals surface area contributed by atoms with Crippen LogP contribution < -0.4 is 10.1 Å². The third kappa shape index (κ3) is 6.06. The van der Waals surface area contributed by atoms with E-state index in [-0.39, 0.29) is 0 Å². The molecule has 0 aromatic heterocycles. The van der Waals surface area contributed by atoms with Gasteiger partial charge in [-0.05, 0) is 64.4 Å². The highest BCUT2D eigenvalue weighted by atomic mass is 127. The van der Waals surface area contributed by atoms with Gasteiger partial charge in [0, 0.05) is 10.1 Å². The van der Waals surface area contributed by atoms with E-state index in [1.807, 2.05) is 12.1 Å². The lowest BCUT2D eigenvalue weighted by Gasteiger charge is -2.10. The first-order chi connectivity index (χ1) is 10.1. The van der Waals surface area contributed by atoms with E-state index in [4.69, 9.17) is 4.74 Å². The lowest BCUT2D eigenvalue weighted by Crippen LogP contribution is -2.19. The molecule has 112 valence electrons. The van der Waals surface area contributed by atoms with Crippen molar-refractivity contribution in [3.8, 4) is 5.75 Å². The molecule has 0 saturated heterocycles. The van der Waals surface area contributed by atoms with E-state index in [1.165, 1.54) is 14.7 Å². The molecular weight excluding hydrogens is 373 g/mol. The van der Waals surface area contributed by atoms with Crippen molar-refractivity contribution < 1.29 is 4.74 Å². The van der Waals surface area contributed by atoms with E-state index in [0.29, 0.717) is 12.5 Å². The van der Waals surface area contributed by atoms with Gasteiger partial charge < -0.3 is 10.1 Å². The Labute approximate surface area is 141 Å². The van der Waals surface area contributed by atoms with Gasteiger partial charge in [-0.1, -0.05) is 44.2 Å². The van der Waals surface area contributed by atoms with Gasteiger partial charge in [-0.2, -0.15) is 0 Å². The quantitative estimate of drug-likeness (QED) is 0.691. The minimum atomic E-state index is 0.609. The van der Waals surface area contributed by atoms with Crippen molar-refractivity contribution in [2.24, 2.45) is 5.92 Å². The molecule has 0 amide bonds. The molecule has 1 N–H and O–H groups in total. The van der Waals surface area contributed by atoms with Crippen LogP contribution in [0.25, 0.3) is 0 Å². The fourth-order valence-corrected chi connectivity index (χ4v) is 2.57. The van der Waals surface area contributed by atoms with Gasteiger partial charge in [0.1, 0.15) is 12.4 Å². The van der Waals surface area contributed by atoms with Crippen LogP contribution in [0.3, 0.4) is 0 Å². The van der Waals surface area contributed by atoms with E-state index in [1.54, 1.807) is 0 Å². The zero-order valence-electron chi connectivity index (χ0n) is 12.6. The highest BCUT2D eigenvalue weighted by Gasteiger charge is 2.00.